The Kier molecular flexibility index (Phi) is 4.93. The summed E-state index contributed by atoms with van der Waals surface area (Å²) in [5, 5.41) is 1.05. The number of anilines is 2. The fourth-order valence-corrected chi connectivity index (χ4v) is 2.64. The highest BCUT2D eigenvalue weighted by Crippen LogP contribution is 2.26. The maximum absolute atomic E-state index is 5.51. The molecule has 3 N–H and O–H groups in total. The quantitative estimate of drug-likeness (QED) is 0.623. The van der Waals surface area contributed by atoms with E-state index in [4.69, 9.17) is 5.84 Å². The number of fused-ring (bicyclic) bond motifs is 1. The summed E-state index contributed by atoms with van der Waals surface area (Å²) in [5.41, 5.74) is 3.45. The number of hydrogen-bond acceptors (Lipinski definition) is 6. The van der Waals surface area contributed by atoms with E-state index in [0.717, 1.165) is 29.8 Å². The number of nitrogen functional groups attached to an aromatic ring is 1. The Morgan fingerprint density at radius 3 is 2.57 bits per heavy atom. The van der Waals surface area contributed by atoms with Gasteiger partial charge in [-0.3, -0.25) is 5.43 Å². The summed E-state index contributed by atoms with van der Waals surface area (Å²) in [5.74, 6) is 6.87. The van der Waals surface area contributed by atoms with Crippen LogP contribution < -0.4 is 16.2 Å². The molecule has 2 rings (SSSR count). The van der Waals surface area contributed by atoms with E-state index in [1.165, 1.54) is 0 Å². The van der Waals surface area contributed by atoms with Crippen LogP contribution in [0.15, 0.2) is 24.3 Å². The Morgan fingerprint density at radius 2 is 1.95 bits per heavy atom. The Balaban J connectivity index is 2.51. The smallest absolute Gasteiger partial charge is 0.239 e. The minimum absolute atomic E-state index is 0.342. The van der Waals surface area contributed by atoms with Crippen LogP contribution in [-0.4, -0.2) is 48.1 Å². The average molecular weight is 288 g/mol. The molecular weight excluding hydrogens is 264 g/mol. The van der Waals surface area contributed by atoms with E-state index in [1.54, 1.807) is 0 Å². The number of benzene rings is 1. The van der Waals surface area contributed by atoms with Crippen LogP contribution in [0.25, 0.3) is 10.9 Å². The van der Waals surface area contributed by atoms with Crippen molar-refractivity contribution in [2.45, 2.75) is 19.9 Å². The Morgan fingerprint density at radius 1 is 1.24 bits per heavy atom. The highest BCUT2D eigenvalue weighted by atomic mass is 15.3. The molecule has 0 radical (unpaired) electrons. The van der Waals surface area contributed by atoms with Gasteiger partial charge in [-0.15, -0.1) is 0 Å². The van der Waals surface area contributed by atoms with E-state index in [2.05, 4.69) is 59.2 Å². The summed E-state index contributed by atoms with van der Waals surface area (Å²) in [6.45, 7) is 6.17. The highest BCUT2D eigenvalue weighted by molar-refractivity contribution is 5.90. The minimum atomic E-state index is 0.342. The number of nitrogens with zero attached hydrogens (tertiary/aromatic N) is 4. The lowest BCUT2D eigenvalue weighted by Gasteiger charge is -2.32. The summed E-state index contributed by atoms with van der Waals surface area (Å²) in [4.78, 5) is 13.4. The maximum atomic E-state index is 5.51. The van der Waals surface area contributed by atoms with Crippen molar-refractivity contribution >= 4 is 22.7 Å². The Bertz CT molecular complexity index is 598. The van der Waals surface area contributed by atoms with Crippen LogP contribution in [0.1, 0.15) is 13.8 Å². The molecule has 1 aromatic carbocycles. The molecule has 0 saturated carbocycles. The summed E-state index contributed by atoms with van der Waals surface area (Å²) in [7, 11) is 4.16. The number of para-hydroxylation sites is 1. The molecule has 0 spiro atoms. The van der Waals surface area contributed by atoms with Gasteiger partial charge in [0.25, 0.3) is 0 Å². The molecule has 0 amide bonds. The molecule has 1 atom stereocenters. The molecule has 6 heteroatoms. The van der Waals surface area contributed by atoms with Crippen molar-refractivity contribution < 1.29 is 0 Å². The SMILES string of the molecule is CCN(c1nc(NN)nc2ccccc12)C(C)CN(C)C. The van der Waals surface area contributed by atoms with Crippen LogP contribution in [0.2, 0.25) is 0 Å². The van der Waals surface area contributed by atoms with Gasteiger partial charge >= 0.3 is 0 Å². The molecule has 0 aliphatic rings. The molecule has 0 bridgehead atoms. The van der Waals surface area contributed by atoms with Gasteiger partial charge in [-0.1, -0.05) is 12.1 Å². The standard InChI is InChI=1S/C15H24N6/c1-5-21(11(2)10-20(3)4)14-12-8-6-7-9-13(12)17-15(18-14)19-16/h6-9,11H,5,10,16H2,1-4H3,(H,17,18,19). The van der Waals surface area contributed by atoms with Crippen molar-refractivity contribution in [3.05, 3.63) is 24.3 Å². The second kappa shape index (κ2) is 6.69. The molecule has 0 saturated heterocycles. The van der Waals surface area contributed by atoms with Crippen LogP contribution in [0, 0.1) is 0 Å². The normalized spacial score (nSPS) is 12.7. The van der Waals surface area contributed by atoms with Crippen molar-refractivity contribution in [3.63, 3.8) is 0 Å². The summed E-state index contributed by atoms with van der Waals surface area (Å²) >= 11 is 0. The van der Waals surface area contributed by atoms with Crippen LogP contribution in [0.4, 0.5) is 11.8 Å². The average Bonchev–Trinajstić information content (AvgIpc) is 2.46. The van der Waals surface area contributed by atoms with E-state index in [1.807, 2.05) is 18.2 Å². The number of hydrogen-bond donors (Lipinski definition) is 2. The third-order valence-corrected chi connectivity index (χ3v) is 3.49. The van der Waals surface area contributed by atoms with E-state index < -0.39 is 0 Å². The van der Waals surface area contributed by atoms with E-state index >= 15 is 0 Å². The number of rotatable bonds is 6. The predicted octanol–water partition coefficient (Wildman–Crippen LogP) is 1.69. The zero-order valence-electron chi connectivity index (χ0n) is 13.2. The fourth-order valence-electron chi connectivity index (χ4n) is 2.64. The molecule has 1 unspecified atom stereocenters. The van der Waals surface area contributed by atoms with E-state index in [9.17, 15) is 0 Å². The zero-order valence-corrected chi connectivity index (χ0v) is 13.2. The molecule has 0 aliphatic carbocycles. The van der Waals surface area contributed by atoms with Gasteiger partial charge in [0.05, 0.1) is 5.52 Å². The third-order valence-electron chi connectivity index (χ3n) is 3.49. The highest BCUT2D eigenvalue weighted by Gasteiger charge is 2.18. The second-order valence-electron chi connectivity index (χ2n) is 5.43. The fraction of sp³-hybridized carbons (Fsp3) is 0.467. The van der Waals surface area contributed by atoms with Gasteiger partial charge in [-0.25, -0.2) is 10.8 Å². The molecule has 0 aliphatic heterocycles. The van der Waals surface area contributed by atoms with Crippen molar-refractivity contribution in [1.82, 2.24) is 14.9 Å². The summed E-state index contributed by atoms with van der Waals surface area (Å²) in [6, 6.07) is 8.35. The minimum Gasteiger partial charge on any atom is -0.352 e. The second-order valence-corrected chi connectivity index (χ2v) is 5.43. The van der Waals surface area contributed by atoms with Gasteiger partial charge in [0.1, 0.15) is 5.82 Å². The van der Waals surface area contributed by atoms with Crippen LogP contribution in [0.5, 0.6) is 0 Å². The van der Waals surface area contributed by atoms with E-state index in [0.29, 0.717) is 12.0 Å². The molecule has 0 fully saturated rings. The Hall–Kier alpha value is -1.92. The zero-order chi connectivity index (χ0) is 15.4. The number of hydrazine groups is 1. The first-order chi connectivity index (χ1) is 10.1. The number of nitrogens with one attached hydrogen (secondary N) is 1. The molecule has 114 valence electrons. The van der Waals surface area contributed by atoms with Crippen molar-refractivity contribution in [2.24, 2.45) is 5.84 Å². The first kappa shape index (κ1) is 15.5. The van der Waals surface area contributed by atoms with E-state index in [-0.39, 0.29) is 0 Å². The first-order valence-corrected chi connectivity index (χ1v) is 7.21. The summed E-state index contributed by atoms with van der Waals surface area (Å²) < 4.78 is 0. The lowest BCUT2D eigenvalue weighted by Crippen LogP contribution is -2.40. The van der Waals surface area contributed by atoms with Crippen molar-refractivity contribution in [3.8, 4) is 0 Å². The van der Waals surface area contributed by atoms with Gasteiger partial charge in [-0.05, 0) is 40.1 Å². The van der Waals surface area contributed by atoms with Crippen LogP contribution in [-0.2, 0) is 0 Å². The summed E-state index contributed by atoms with van der Waals surface area (Å²) in [6.07, 6.45) is 0. The van der Waals surface area contributed by atoms with Gasteiger partial charge in [0.15, 0.2) is 0 Å². The van der Waals surface area contributed by atoms with Gasteiger partial charge in [0.2, 0.25) is 5.95 Å². The third kappa shape index (κ3) is 3.40. The van der Waals surface area contributed by atoms with Gasteiger partial charge in [0, 0.05) is 24.5 Å². The van der Waals surface area contributed by atoms with Crippen LogP contribution >= 0.6 is 0 Å². The number of nitrogens with two attached hydrogens (primary N) is 1. The van der Waals surface area contributed by atoms with Gasteiger partial charge < -0.3 is 9.80 Å². The molecule has 2 aromatic rings. The number of likely N-dealkylation sites (N-methyl/N-ethyl adjacent to an activating group) is 2. The molecule has 1 aromatic heterocycles. The maximum Gasteiger partial charge on any atom is 0.239 e. The molecule has 21 heavy (non-hydrogen) atoms. The van der Waals surface area contributed by atoms with Crippen LogP contribution in [0.3, 0.4) is 0 Å². The lowest BCUT2D eigenvalue weighted by molar-refractivity contribution is 0.372. The Labute approximate surface area is 125 Å². The van der Waals surface area contributed by atoms with Crippen molar-refractivity contribution in [2.75, 3.05) is 37.5 Å². The first-order valence-electron chi connectivity index (χ1n) is 7.21. The molecular formula is C15H24N6. The monoisotopic (exact) mass is 288 g/mol. The van der Waals surface area contributed by atoms with Crippen molar-refractivity contribution in [1.29, 1.82) is 0 Å². The number of aromatic nitrogens is 2. The molecule has 1 heterocycles. The largest absolute Gasteiger partial charge is 0.352 e. The predicted molar refractivity (Wildman–Crippen MR) is 88.4 cm³/mol. The molecule has 6 nitrogen and oxygen atoms in total. The lowest BCUT2D eigenvalue weighted by atomic mass is 10.2. The van der Waals surface area contributed by atoms with Gasteiger partial charge in [-0.2, -0.15) is 4.98 Å². The topological polar surface area (TPSA) is 70.3 Å².